The highest BCUT2D eigenvalue weighted by molar-refractivity contribution is 9.10. The van der Waals surface area contributed by atoms with Crippen molar-refractivity contribution in [3.63, 3.8) is 0 Å². The SMILES string of the molecule is COc1cc(C(=O)Nc2cccc(O)c2)cc(Br)c1OCc1ccc(C)cc1. The Bertz CT molecular complexity index is 986. The number of halogens is 1. The molecule has 6 heteroatoms. The molecule has 0 aromatic heterocycles. The standard InChI is InChI=1S/C22H20BrNO4/c1-14-6-8-15(9-7-14)13-28-21-19(23)10-16(11-20(21)27-2)22(26)24-17-4-3-5-18(25)12-17/h3-12,25H,13H2,1-2H3,(H,24,26). The minimum absolute atomic E-state index is 0.0800. The summed E-state index contributed by atoms with van der Waals surface area (Å²) in [6.07, 6.45) is 0. The molecule has 2 N–H and O–H groups in total. The number of hydrogen-bond acceptors (Lipinski definition) is 4. The van der Waals surface area contributed by atoms with Gasteiger partial charge < -0.3 is 19.9 Å². The Morgan fingerprint density at radius 2 is 1.86 bits per heavy atom. The minimum atomic E-state index is -0.324. The molecule has 0 aliphatic rings. The van der Waals surface area contributed by atoms with Crippen molar-refractivity contribution >= 4 is 27.5 Å². The van der Waals surface area contributed by atoms with E-state index in [0.717, 1.165) is 5.56 Å². The van der Waals surface area contributed by atoms with Crippen LogP contribution >= 0.6 is 15.9 Å². The van der Waals surface area contributed by atoms with Crippen LogP contribution in [0, 0.1) is 6.92 Å². The van der Waals surface area contributed by atoms with E-state index in [1.54, 1.807) is 24.3 Å². The zero-order valence-corrected chi connectivity index (χ0v) is 17.1. The van der Waals surface area contributed by atoms with Gasteiger partial charge in [-0.05, 0) is 52.7 Å². The number of benzene rings is 3. The maximum atomic E-state index is 12.6. The Balaban J connectivity index is 1.78. The molecular formula is C22H20BrNO4. The maximum Gasteiger partial charge on any atom is 0.255 e. The topological polar surface area (TPSA) is 67.8 Å². The molecular weight excluding hydrogens is 422 g/mol. The smallest absolute Gasteiger partial charge is 0.255 e. The van der Waals surface area contributed by atoms with Gasteiger partial charge in [0, 0.05) is 17.3 Å². The Morgan fingerprint density at radius 3 is 2.54 bits per heavy atom. The van der Waals surface area contributed by atoms with Crippen LogP contribution in [0.5, 0.6) is 17.2 Å². The van der Waals surface area contributed by atoms with Crippen LogP contribution in [0.25, 0.3) is 0 Å². The van der Waals surface area contributed by atoms with Crippen molar-refractivity contribution in [1.82, 2.24) is 0 Å². The van der Waals surface area contributed by atoms with Crippen LogP contribution in [0.3, 0.4) is 0 Å². The van der Waals surface area contributed by atoms with E-state index in [2.05, 4.69) is 21.2 Å². The molecule has 0 heterocycles. The molecule has 28 heavy (non-hydrogen) atoms. The fourth-order valence-electron chi connectivity index (χ4n) is 2.62. The number of aromatic hydroxyl groups is 1. The summed E-state index contributed by atoms with van der Waals surface area (Å²) in [5.74, 6) is 0.727. The van der Waals surface area contributed by atoms with Crippen molar-refractivity contribution < 1.29 is 19.4 Å². The molecule has 0 saturated heterocycles. The van der Waals surface area contributed by atoms with E-state index < -0.39 is 0 Å². The third-order valence-electron chi connectivity index (χ3n) is 4.10. The number of aryl methyl sites for hydroxylation is 1. The molecule has 0 aliphatic carbocycles. The van der Waals surface area contributed by atoms with Crippen LogP contribution in [-0.2, 0) is 6.61 Å². The molecule has 5 nitrogen and oxygen atoms in total. The number of carbonyl (C=O) groups excluding carboxylic acids is 1. The second kappa shape index (κ2) is 8.80. The second-order valence-electron chi connectivity index (χ2n) is 6.27. The summed E-state index contributed by atoms with van der Waals surface area (Å²) in [6.45, 7) is 2.41. The molecule has 0 bridgehead atoms. The second-order valence-corrected chi connectivity index (χ2v) is 7.12. The van der Waals surface area contributed by atoms with Crippen molar-refractivity contribution in [1.29, 1.82) is 0 Å². The minimum Gasteiger partial charge on any atom is -0.508 e. The summed E-state index contributed by atoms with van der Waals surface area (Å²) < 4.78 is 11.9. The molecule has 0 atom stereocenters. The first-order chi connectivity index (χ1) is 13.5. The number of rotatable bonds is 6. The fraction of sp³-hybridized carbons (Fsp3) is 0.136. The first-order valence-corrected chi connectivity index (χ1v) is 9.42. The number of nitrogens with one attached hydrogen (secondary N) is 1. The Labute approximate surface area is 172 Å². The van der Waals surface area contributed by atoms with Crippen molar-refractivity contribution in [3.8, 4) is 17.2 Å². The maximum absolute atomic E-state index is 12.6. The highest BCUT2D eigenvalue weighted by Crippen LogP contribution is 2.37. The van der Waals surface area contributed by atoms with Crippen molar-refractivity contribution in [3.05, 3.63) is 81.8 Å². The molecule has 3 aromatic carbocycles. The number of ether oxygens (including phenoxy) is 2. The van der Waals surface area contributed by atoms with Gasteiger partial charge in [-0.3, -0.25) is 4.79 Å². The lowest BCUT2D eigenvalue weighted by Crippen LogP contribution is -2.12. The van der Waals surface area contributed by atoms with E-state index in [-0.39, 0.29) is 11.7 Å². The number of phenolic OH excluding ortho intramolecular Hbond substituents is 1. The van der Waals surface area contributed by atoms with Crippen molar-refractivity contribution in [2.45, 2.75) is 13.5 Å². The van der Waals surface area contributed by atoms with E-state index in [0.29, 0.717) is 33.8 Å². The normalized spacial score (nSPS) is 10.4. The number of phenols is 1. The molecule has 0 unspecified atom stereocenters. The van der Waals surface area contributed by atoms with Crippen molar-refractivity contribution in [2.24, 2.45) is 0 Å². The van der Waals surface area contributed by atoms with E-state index in [9.17, 15) is 9.90 Å². The summed E-state index contributed by atoms with van der Waals surface area (Å²) in [5, 5.41) is 12.3. The molecule has 0 spiro atoms. The molecule has 144 valence electrons. The monoisotopic (exact) mass is 441 g/mol. The molecule has 3 aromatic rings. The highest BCUT2D eigenvalue weighted by atomic mass is 79.9. The summed E-state index contributed by atoms with van der Waals surface area (Å²) >= 11 is 3.46. The molecule has 0 radical (unpaired) electrons. The molecule has 3 rings (SSSR count). The molecule has 0 saturated carbocycles. The molecule has 0 fully saturated rings. The fourth-order valence-corrected chi connectivity index (χ4v) is 3.17. The van der Waals surface area contributed by atoms with Crippen LogP contribution in [0.2, 0.25) is 0 Å². The lowest BCUT2D eigenvalue weighted by molar-refractivity contribution is 0.102. The van der Waals surface area contributed by atoms with Crippen LogP contribution < -0.4 is 14.8 Å². The highest BCUT2D eigenvalue weighted by Gasteiger charge is 2.16. The summed E-state index contributed by atoms with van der Waals surface area (Å²) in [4.78, 5) is 12.6. The predicted molar refractivity (Wildman–Crippen MR) is 112 cm³/mol. The molecule has 0 aliphatic heterocycles. The van der Waals surface area contributed by atoms with Crippen LogP contribution in [0.15, 0.2) is 65.1 Å². The van der Waals surface area contributed by atoms with E-state index in [1.165, 1.54) is 24.8 Å². The number of anilines is 1. The lowest BCUT2D eigenvalue weighted by Gasteiger charge is -2.15. The van der Waals surface area contributed by atoms with Crippen LogP contribution in [0.1, 0.15) is 21.5 Å². The van der Waals surface area contributed by atoms with Crippen LogP contribution in [0.4, 0.5) is 5.69 Å². The first-order valence-electron chi connectivity index (χ1n) is 8.62. The number of hydrogen-bond donors (Lipinski definition) is 2. The van der Waals surface area contributed by atoms with Gasteiger partial charge in [-0.25, -0.2) is 0 Å². The van der Waals surface area contributed by atoms with Gasteiger partial charge in [0.2, 0.25) is 0 Å². The zero-order chi connectivity index (χ0) is 20.1. The van der Waals surface area contributed by atoms with Gasteiger partial charge in [-0.1, -0.05) is 35.9 Å². The van der Waals surface area contributed by atoms with E-state index >= 15 is 0 Å². The van der Waals surface area contributed by atoms with Gasteiger partial charge in [0.25, 0.3) is 5.91 Å². The molecule has 1 amide bonds. The largest absolute Gasteiger partial charge is 0.508 e. The van der Waals surface area contributed by atoms with Gasteiger partial charge in [-0.2, -0.15) is 0 Å². The van der Waals surface area contributed by atoms with Gasteiger partial charge in [0.05, 0.1) is 11.6 Å². The number of carbonyl (C=O) groups is 1. The van der Waals surface area contributed by atoms with Gasteiger partial charge in [0.15, 0.2) is 11.5 Å². The predicted octanol–water partition coefficient (Wildman–Crippen LogP) is 5.30. The summed E-state index contributed by atoms with van der Waals surface area (Å²) in [5.41, 5.74) is 3.12. The quantitative estimate of drug-likeness (QED) is 0.544. The third kappa shape index (κ3) is 4.84. The zero-order valence-electron chi connectivity index (χ0n) is 15.5. The van der Waals surface area contributed by atoms with Gasteiger partial charge >= 0.3 is 0 Å². The average Bonchev–Trinajstić information content (AvgIpc) is 2.67. The van der Waals surface area contributed by atoms with Gasteiger partial charge in [-0.15, -0.1) is 0 Å². The Morgan fingerprint density at radius 1 is 1.11 bits per heavy atom. The van der Waals surface area contributed by atoms with Crippen LogP contribution in [-0.4, -0.2) is 18.1 Å². The first kappa shape index (κ1) is 19.8. The Hall–Kier alpha value is -2.99. The third-order valence-corrected chi connectivity index (χ3v) is 4.69. The average molecular weight is 442 g/mol. The summed E-state index contributed by atoms with van der Waals surface area (Å²) in [7, 11) is 1.53. The van der Waals surface area contributed by atoms with Gasteiger partial charge in [0.1, 0.15) is 12.4 Å². The lowest BCUT2D eigenvalue weighted by atomic mass is 10.1. The van der Waals surface area contributed by atoms with Crippen molar-refractivity contribution in [2.75, 3.05) is 12.4 Å². The van der Waals surface area contributed by atoms with E-state index in [4.69, 9.17) is 9.47 Å². The number of amides is 1. The Kier molecular flexibility index (Phi) is 6.21. The summed E-state index contributed by atoms with van der Waals surface area (Å²) in [6, 6.07) is 17.7. The van der Waals surface area contributed by atoms with E-state index in [1.807, 2.05) is 31.2 Å². The number of methoxy groups -OCH3 is 1.